The number of guanidine groups is 1. The fourth-order valence-corrected chi connectivity index (χ4v) is 3.52. The van der Waals surface area contributed by atoms with E-state index in [-0.39, 0.29) is 24.0 Å². The summed E-state index contributed by atoms with van der Waals surface area (Å²) in [4.78, 5) is 9.86. The van der Waals surface area contributed by atoms with Crippen LogP contribution < -0.4 is 10.6 Å². The molecule has 2 rings (SSSR count). The molecule has 0 bridgehead atoms. The summed E-state index contributed by atoms with van der Waals surface area (Å²) in [5, 5.41) is 6.77. The minimum atomic E-state index is 0. The van der Waals surface area contributed by atoms with Crippen LogP contribution in [0, 0.1) is 0 Å². The van der Waals surface area contributed by atoms with Gasteiger partial charge in [0.15, 0.2) is 5.96 Å². The molecular weight excluding hydrogens is 489 g/mol. The molecule has 0 amide bonds. The maximum atomic E-state index is 5.38. The summed E-state index contributed by atoms with van der Waals surface area (Å²) in [6, 6.07) is 10.8. The summed E-state index contributed by atoms with van der Waals surface area (Å²) < 4.78 is 5.38. The van der Waals surface area contributed by atoms with Crippen LogP contribution in [0.15, 0.2) is 35.3 Å². The lowest BCUT2D eigenvalue weighted by atomic mass is 10.2. The number of rotatable bonds is 13. The van der Waals surface area contributed by atoms with Crippen molar-refractivity contribution in [3.8, 4) is 0 Å². The molecule has 1 aliphatic heterocycles. The molecule has 0 atom stereocenters. The summed E-state index contributed by atoms with van der Waals surface area (Å²) in [5.74, 6) is 0.941. The third-order valence-electron chi connectivity index (χ3n) is 5.17. The second-order valence-corrected chi connectivity index (χ2v) is 7.55. The number of hydrogen-bond acceptors (Lipinski definition) is 4. The quantitative estimate of drug-likeness (QED) is 0.177. The van der Waals surface area contributed by atoms with Crippen LogP contribution >= 0.6 is 24.0 Å². The largest absolute Gasteiger partial charge is 0.382 e. The third kappa shape index (κ3) is 12.1. The Balaban J connectivity index is 0.00000450. The Bertz CT molecular complexity index is 550. The highest BCUT2D eigenvalue weighted by Gasteiger charge is 2.16. The number of piperazine rings is 1. The number of unbranched alkanes of at least 4 members (excludes halogenated alkanes) is 1. The number of hydrogen-bond donors (Lipinski definition) is 2. The normalized spacial score (nSPS) is 15.6. The van der Waals surface area contributed by atoms with Gasteiger partial charge in [-0.25, -0.2) is 0 Å². The van der Waals surface area contributed by atoms with E-state index in [0.717, 1.165) is 97.3 Å². The highest BCUT2D eigenvalue weighted by Crippen LogP contribution is 2.08. The SMILES string of the molecule is CCNC(=NCCCN1CCN(Cc2ccccc2)CC1)NCCCCOCC.I. The van der Waals surface area contributed by atoms with Gasteiger partial charge in [-0.3, -0.25) is 9.89 Å². The molecule has 1 fully saturated rings. The molecule has 1 heterocycles. The van der Waals surface area contributed by atoms with Crippen molar-refractivity contribution in [2.45, 2.75) is 39.7 Å². The van der Waals surface area contributed by atoms with Gasteiger partial charge >= 0.3 is 0 Å². The molecule has 6 nitrogen and oxygen atoms in total. The molecule has 1 saturated heterocycles. The molecule has 0 aliphatic carbocycles. The summed E-state index contributed by atoms with van der Waals surface area (Å²) in [6.45, 7) is 15.4. The first-order valence-electron chi connectivity index (χ1n) is 11.4. The maximum absolute atomic E-state index is 5.38. The maximum Gasteiger partial charge on any atom is 0.191 e. The Kier molecular flexibility index (Phi) is 16.1. The van der Waals surface area contributed by atoms with Gasteiger partial charge in [0.1, 0.15) is 0 Å². The van der Waals surface area contributed by atoms with Crippen LogP contribution in [0.1, 0.15) is 38.7 Å². The van der Waals surface area contributed by atoms with Gasteiger partial charge in [0.25, 0.3) is 0 Å². The van der Waals surface area contributed by atoms with Crippen molar-refractivity contribution in [3.05, 3.63) is 35.9 Å². The van der Waals surface area contributed by atoms with Gasteiger partial charge in [0.05, 0.1) is 0 Å². The van der Waals surface area contributed by atoms with Gasteiger partial charge in [-0.15, -0.1) is 24.0 Å². The average Bonchev–Trinajstić information content (AvgIpc) is 2.75. The molecule has 2 N–H and O–H groups in total. The average molecular weight is 532 g/mol. The molecule has 0 unspecified atom stereocenters. The van der Waals surface area contributed by atoms with Crippen molar-refractivity contribution in [2.75, 3.05) is 65.6 Å². The molecule has 30 heavy (non-hydrogen) atoms. The summed E-state index contributed by atoms with van der Waals surface area (Å²) in [5.41, 5.74) is 1.41. The second kappa shape index (κ2) is 17.7. The van der Waals surface area contributed by atoms with Crippen LogP contribution in [-0.2, 0) is 11.3 Å². The number of halogens is 1. The Labute approximate surface area is 200 Å². The van der Waals surface area contributed by atoms with E-state index in [0.29, 0.717) is 0 Å². The smallest absolute Gasteiger partial charge is 0.191 e. The number of aliphatic imine (C=N–C) groups is 1. The predicted octanol–water partition coefficient (Wildman–Crippen LogP) is 3.18. The van der Waals surface area contributed by atoms with Crippen molar-refractivity contribution < 1.29 is 4.74 Å². The zero-order valence-corrected chi connectivity index (χ0v) is 21.3. The highest BCUT2D eigenvalue weighted by molar-refractivity contribution is 14.0. The third-order valence-corrected chi connectivity index (χ3v) is 5.17. The topological polar surface area (TPSA) is 52.1 Å². The van der Waals surface area contributed by atoms with Crippen LogP contribution in [0.3, 0.4) is 0 Å². The Morgan fingerprint density at radius 3 is 2.40 bits per heavy atom. The van der Waals surface area contributed by atoms with Crippen LogP contribution in [0.4, 0.5) is 0 Å². The molecular formula is C23H42IN5O. The lowest BCUT2D eigenvalue weighted by Crippen LogP contribution is -2.46. The number of nitrogens with one attached hydrogen (secondary N) is 2. The second-order valence-electron chi connectivity index (χ2n) is 7.55. The van der Waals surface area contributed by atoms with E-state index in [9.17, 15) is 0 Å². The van der Waals surface area contributed by atoms with Crippen LogP contribution in [0.25, 0.3) is 0 Å². The van der Waals surface area contributed by atoms with Crippen LogP contribution in [0.2, 0.25) is 0 Å². The fourth-order valence-electron chi connectivity index (χ4n) is 3.52. The minimum absolute atomic E-state index is 0. The summed E-state index contributed by atoms with van der Waals surface area (Å²) in [6.07, 6.45) is 3.31. The van der Waals surface area contributed by atoms with Crippen LogP contribution in [-0.4, -0.2) is 81.3 Å². The van der Waals surface area contributed by atoms with Crippen molar-refractivity contribution >= 4 is 29.9 Å². The molecule has 0 spiro atoms. The van der Waals surface area contributed by atoms with Crippen LogP contribution in [0.5, 0.6) is 0 Å². The van der Waals surface area contributed by atoms with Gasteiger partial charge in [-0.05, 0) is 38.7 Å². The van der Waals surface area contributed by atoms with Crippen molar-refractivity contribution in [2.24, 2.45) is 4.99 Å². The van der Waals surface area contributed by atoms with Crippen molar-refractivity contribution in [1.29, 1.82) is 0 Å². The monoisotopic (exact) mass is 531 g/mol. The fraction of sp³-hybridized carbons (Fsp3) is 0.696. The van der Waals surface area contributed by atoms with E-state index >= 15 is 0 Å². The molecule has 0 aromatic heterocycles. The molecule has 0 radical (unpaired) electrons. The van der Waals surface area contributed by atoms with Crippen molar-refractivity contribution in [1.82, 2.24) is 20.4 Å². The van der Waals surface area contributed by atoms with Gasteiger partial charge in [-0.2, -0.15) is 0 Å². The minimum Gasteiger partial charge on any atom is -0.382 e. The van der Waals surface area contributed by atoms with Gasteiger partial charge < -0.3 is 20.3 Å². The van der Waals surface area contributed by atoms with E-state index in [4.69, 9.17) is 9.73 Å². The molecule has 0 saturated carbocycles. The summed E-state index contributed by atoms with van der Waals surface area (Å²) >= 11 is 0. The molecule has 1 aromatic carbocycles. The Morgan fingerprint density at radius 2 is 1.70 bits per heavy atom. The van der Waals surface area contributed by atoms with E-state index in [1.807, 2.05) is 6.92 Å². The zero-order chi connectivity index (χ0) is 20.6. The molecule has 1 aliphatic rings. The highest BCUT2D eigenvalue weighted by atomic mass is 127. The van der Waals surface area contributed by atoms with Gasteiger partial charge in [0, 0.05) is 72.1 Å². The molecule has 1 aromatic rings. The lowest BCUT2D eigenvalue weighted by molar-refractivity contribution is 0.127. The van der Waals surface area contributed by atoms with E-state index in [2.05, 4.69) is 57.7 Å². The first kappa shape index (κ1) is 27.1. The first-order valence-corrected chi connectivity index (χ1v) is 11.4. The predicted molar refractivity (Wildman–Crippen MR) is 138 cm³/mol. The lowest BCUT2D eigenvalue weighted by Gasteiger charge is -2.34. The van der Waals surface area contributed by atoms with E-state index < -0.39 is 0 Å². The Morgan fingerprint density at radius 1 is 0.967 bits per heavy atom. The van der Waals surface area contributed by atoms with Crippen molar-refractivity contribution in [3.63, 3.8) is 0 Å². The Hall–Kier alpha value is -0.900. The zero-order valence-electron chi connectivity index (χ0n) is 18.9. The first-order chi connectivity index (χ1) is 14.3. The number of ether oxygens (including phenoxy) is 1. The van der Waals surface area contributed by atoms with E-state index in [1.165, 1.54) is 5.56 Å². The van der Waals surface area contributed by atoms with Gasteiger partial charge in [0.2, 0.25) is 0 Å². The molecule has 172 valence electrons. The number of nitrogens with zero attached hydrogens (tertiary/aromatic N) is 3. The number of benzene rings is 1. The molecule has 7 heteroatoms. The summed E-state index contributed by atoms with van der Waals surface area (Å²) in [7, 11) is 0. The standard InChI is InChI=1S/C23H41N5O.HI/c1-3-24-23(25-13-8-9-20-29-4-2)26-14-10-15-27-16-18-28(19-17-27)21-22-11-6-5-7-12-22;/h5-7,11-12H,3-4,8-10,13-21H2,1-2H3,(H2,24,25,26);1H. The van der Waals surface area contributed by atoms with Gasteiger partial charge in [-0.1, -0.05) is 30.3 Å². The van der Waals surface area contributed by atoms with E-state index in [1.54, 1.807) is 0 Å².